The van der Waals surface area contributed by atoms with Gasteiger partial charge in [0.2, 0.25) is 0 Å². The monoisotopic (exact) mass is 549 g/mol. The number of carbonyl (C=O) groups excluding carboxylic acids is 1. The van der Waals surface area contributed by atoms with Crippen LogP contribution < -0.4 is 5.32 Å². The molecule has 11 nitrogen and oxygen atoms in total. The van der Waals surface area contributed by atoms with Crippen molar-refractivity contribution in [3.05, 3.63) is 48.5 Å². The number of amides is 1. The van der Waals surface area contributed by atoms with E-state index in [2.05, 4.69) is 20.3 Å². The number of aromatic nitrogens is 4. The number of carbonyl (C=O) groups is 1. The van der Waals surface area contributed by atoms with Crippen LogP contribution in [0.4, 0.5) is 5.82 Å². The van der Waals surface area contributed by atoms with Crippen LogP contribution in [-0.4, -0.2) is 67.6 Å². The van der Waals surface area contributed by atoms with E-state index >= 15 is 0 Å². The van der Waals surface area contributed by atoms with E-state index in [1.54, 1.807) is 35.2 Å². The summed E-state index contributed by atoms with van der Waals surface area (Å²) < 4.78 is 39.1. The molecule has 0 saturated carbocycles. The number of ether oxygens (including phenoxy) is 3. The number of rotatable bonds is 6. The molecular formula is C22H24N5O6PS2. The molecule has 14 heteroatoms. The molecule has 0 bridgehead atoms. The first-order chi connectivity index (χ1) is 17.3. The highest BCUT2D eigenvalue weighted by Gasteiger charge is 2.56. The zero-order valence-corrected chi connectivity index (χ0v) is 22.0. The molecule has 190 valence electrons. The van der Waals surface area contributed by atoms with Crippen molar-refractivity contribution >= 4 is 51.4 Å². The molecule has 0 radical (unpaired) electrons. The van der Waals surface area contributed by atoms with Gasteiger partial charge >= 0.3 is 5.77 Å². The standard InChI is InChI=1S/C22H24N5O6PS2/c1-22(2)32-16-14(10-30-34(29)35-8-9-36-34)31-21(17(16)33-22)27-12-25-15-18(23-11-24-19(15)27)26-20(28)13-6-4-3-5-7-13/h3-7,11-12,14,16-17,21H,8-10H2,1-2H3,(H,23,24,26,28)/t14-,16-,17-,21-/m1/s1. The maximum absolute atomic E-state index is 12.8. The predicted octanol–water partition coefficient (Wildman–Crippen LogP) is 4.10. The number of hydrogen-bond acceptors (Lipinski definition) is 11. The molecule has 6 rings (SSSR count). The van der Waals surface area contributed by atoms with Gasteiger partial charge in [0.15, 0.2) is 29.0 Å². The molecule has 0 aliphatic carbocycles. The Labute approximate surface area is 215 Å². The second-order valence-electron chi connectivity index (χ2n) is 8.91. The van der Waals surface area contributed by atoms with Crippen molar-refractivity contribution in [2.24, 2.45) is 0 Å². The van der Waals surface area contributed by atoms with Gasteiger partial charge in [0, 0.05) is 17.1 Å². The highest BCUT2D eigenvalue weighted by Crippen LogP contribution is 2.74. The van der Waals surface area contributed by atoms with Gasteiger partial charge in [0.05, 0.1) is 12.9 Å². The summed E-state index contributed by atoms with van der Waals surface area (Å²) >= 11 is 2.72. The van der Waals surface area contributed by atoms with Crippen molar-refractivity contribution in [1.29, 1.82) is 0 Å². The third-order valence-electron chi connectivity index (χ3n) is 6.01. The minimum absolute atomic E-state index is 0.119. The molecule has 0 spiro atoms. The molecule has 4 atom stereocenters. The molecule has 0 unspecified atom stereocenters. The molecule has 3 aliphatic rings. The van der Waals surface area contributed by atoms with Crippen molar-refractivity contribution < 1.29 is 28.1 Å². The molecular weight excluding hydrogens is 525 g/mol. The highest BCUT2D eigenvalue weighted by atomic mass is 33.1. The number of nitrogens with zero attached hydrogens (tertiary/aromatic N) is 4. The molecule has 3 aromatic rings. The van der Waals surface area contributed by atoms with Gasteiger partial charge < -0.3 is 24.1 Å². The Balaban J connectivity index is 1.27. The molecule has 2 aromatic heterocycles. The van der Waals surface area contributed by atoms with Crippen LogP contribution in [-0.2, 0) is 23.3 Å². The highest BCUT2D eigenvalue weighted by molar-refractivity contribution is 8.90. The van der Waals surface area contributed by atoms with Gasteiger partial charge in [-0.2, -0.15) is 0 Å². The Kier molecular flexibility index (Phi) is 6.35. The molecule has 1 amide bonds. The van der Waals surface area contributed by atoms with Crippen molar-refractivity contribution in [2.75, 3.05) is 23.4 Å². The summed E-state index contributed by atoms with van der Waals surface area (Å²) in [5.74, 6) is -2.00. The largest absolute Gasteiger partial charge is 0.347 e. The van der Waals surface area contributed by atoms with Crippen LogP contribution in [0, 0.1) is 0 Å². The Morgan fingerprint density at radius 2 is 1.92 bits per heavy atom. The minimum atomic E-state index is -2.78. The first kappa shape index (κ1) is 24.4. The Morgan fingerprint density at radius 3 is 2.69 bits per heavy atom. The molecule has 3 aliphatic heterocycles. The Bertz CT molecular complexity index is 1330. The van der Waals surface area contributed by atoms with Crippen molar-refractivity contribution in [3.8, 4) is 0 Å². The lowest BCUT2D eigenvalue weighted by Crippen LogP contribution is -2.32. The van der Waals surface area contributed by atoms with E-state index in [0.717, 1.165) is 11.5 Å². The summed E-state index contributed by atoms with van der Waals surface area (Å²) in [6.45, 7) is 3.81. The molecule has 1 N–H and O–H groups in total. The van der Waals surface area contributed by atoms with E-state index in [4.69, 9.17) is 18.7 Å². The second kappa shape index (κ2) is 9.39. The van der Waals surface area contributed by atoms with Crippen LogP contribution in [0.3, 0.4) is 0 Å². The summed E-state index contributed by atoms with van der Waals surface area (Å²) in [4.78, 5) is 25.8. The zero-order chi connectivity index (χ0) is 24.9. The third kappa shape index (κ3) is 4.58. The summed E-state index contributed by atoms with van der Waals surface area (Å²) in [5.41, 5.74) is 1.40. The van der Waals surface area contributed by atoms with Gasteiger partial charge in [-0.05, 0) is 26.0 Å². The van der Waals surface area contributed by atoms with E-state index in [9.17, 15) is 9.36 Å². The summed E-state index contributed by atoms with van der Waals surface area (Å²) in [7, 11) is 0. The van der Waals surface area contributed by atoms with Crippen molar-refractivity contribution in [1.82, 2.24) is 19.5 Å². The molecule has 1 aromatic carbocycles. The lowest BCUT2D eigenvalue weighted by atomic mass is 10.1. The van der Waals surface area contributed by atoms with Crippen LogP contribution in [0.5, 0.6) is 0 Å². The molecule has 3 fully saturated rings. The van der Waals surface area contributed by atoms with Crippen LogP contribution in [0.15, 0.2) is 43.0 Å². The van der Waals surface area contributed by atoms with Gasteiger partial charge in [-0.3, -0.25) is 13.9 Å². The van der Waals surface area contributed by atoms with Crippen molar-refractivity contribution in [3.63, 3.8) is 0 Å². The zero-order valence-electron chi connectivity index (χ0n) is 19.5. The molecule has 5 heterocycles. The van der Waals surface area contributed by atoms with E-state index < -0.39 is 36.1 Å². The normalized spacial score (nSPS) is 28.4. The van der Waals surface area contributed by atoms with Crippen LogP contribution in [0.25, 0.3) is 11.2 Å². The van der Waals surface area contributed by atoms with Gasteiger partial charge in [0.1, 0.15) is 24.6 Å². The maximum atomic E-state index is 12.8. The summed E-state index contributed by atoms with van der Waals surface area (Å²) in [5, 5.41) is 2.81. The number of benzene rings is 1. The smallest absolute Gasteiger partial charge is 0.313 e. The Morgan fingerprint density at radius 1 is 1.17 bits per heavy atom. The van der Waals surface area contributed by atoms with Crippen molar-refractivity contribution in [2.45, 2.75) is 44.2 Å². The number of anilines is 1. The van der Waals surface area contributed by atoms with Gasteiger partial charge in [-0.25, -0.2) is 15.0 Å². The maximum Gasteiger partial charge on any atom is 0.313 e. The molecule has 36 heavy (non-hydrogen) atoms. The van der Waals surface area contributed by atoms with Gasteiger partial charge in [-0.15, -0.1) is 0 Å². The predicted molar refractivity (Wildman–Crippen MR) is 136 cm³/mol. The first-order valence-electron chi connectivity index (χ1n) is 11.4. The fraction of sp³-hybridized carbons (Fsp3) is 0.455. The lowest BCUT2D eigenvalue weighted by molar-refractivity contribution is -0.198. The van der Waals surface area contributed by atoms with E-state index in [1.807, 2.05) is 19.9 Å². The first-order valence-corrected chi connectivity index (χ1v) is 16.2. The lowest BCUT2D eigenvalue weighted by Gasteiger charge is -2.25. The average Bonchev–Trinajstić information content (AvgIpc) is 3.62. The second-order valence-corrected chi connectivity index (χ2v) is 16.5. The summed E-state index contributed by atoms with van der Waals surface area (Å²) in [6.07, 6.45) is 0.948. The Hall–Kier alpha value is -1.99. The van der Waals surface area contributed by atoms with Gasteiger partial charge in [0.25, 0.3) is 5.91 Å². The van der Waals surface area contributed by atoms with Crippen LogP contribution in [0.2, 0.25) is 0 Å². The molecule has 3 saturated heterocycles. The number of nitrogens with one attached hydrogen (secondary N) is 1. The third-order valence-corrected chi connectivity index (χ3v) is 13.7. The van der Waals surface area contributed by atoms with E-state index in [-0.39, 0.29) is 12.5 Å². The number of fused-ring (bicyclic) bond motifs is 2. The SMILES string of the molecule is CC1(C)O[C@@H]2[C@H](O1)[C@@H](COP1(=O)SCCS1)O[C@H]2n1cnc2c(NC(=O)c3ccccc3)ncnc21. The van der Waals surface area contributed by atoms with Crippen LogP contribution >= 0.6 is 28.5 Å². The minimum Gasteiger partial charge on any atom is -0.347 e. The topological polar surface area (TPSA) is 127 Å². The van der Waals surface area contributed by atoms with E-state index in [1.165, 1.54) is 29.1 Å². The average molecular weight is 550 g/mol. The van der Waals surface area contributed by atoms with E-state index in [0.29, 0.717) is 22.5 Å². The number of hydrogen-bond donors (Lipinski definition) is 1. The quantitative estimate of drug-likeness (QED) is 0.447. The fourth-order valence-corrected chi connectivity index (χ4v) is 11.8. The van der Waals surface area contributed by atoms with Crippen LogP contribution in [0.1, 0.15) is 30.4 Å². The fourth-order valence-electron chi connectivity index (χ4n) is 4.49. The van der Waals surface area contributed by atoms with Gasteiger partial charge in [-0.1, -0.05) is 41.0 Å². The number of imidazole rings is 1. The summed E-state index contributed by atoms with van der Waals surface area (Å²) in [6, 6.07) is 8.86.